The molecule has 2 rings (SSSR count). The number of nitrogen functional groups attached to an aromatic ring is 1. The Hall–Kier alpha value is -1.72. The molecule has 0 bridgehead atoms. The minimum atomic E-state index is -0.0860. The number of nitrogens with two attached hydrogens (primary N) is 1. The molecule has 0 saturated carbocycles. The number of carbonyl (C=O) groups excluding carboxylic acids is 1. The van der Waals surface area contributed by atoms with Gasteiger partial charge in [-0.3, -0.25) is 9.48 Å². The first-order valence-electron chi connectivity index (χ1n) is 6.12. The van der Waals surface area contributed by atoms with E-state index in [-0.39, 0.29) is 30.7 Å². The summed E-state index contributed by atoms with van der Waals surface area (Å²) in [5.74, 6) is -0.0860. The molecule has 1 heterocycles. The molecule has 3 N–H and O–H groups in total. The number of hydrogen-bond acceptors (Lipinski definition) is 3. The van der Waals surface area contributed by atoms with Gasteiger partial charge in [0.2, 0.25) is 5.91 Å². The lowest BCUT2D eigenvalue weighted by molar-refractivity contribution is -0.115. The Bertz CT molecular complexity index is 625. The van der Waals surface area contributed by atoms with Crippen molar-refractivity contribution in [2.45, 2.75) is 20.3 Å². The van der Waals surface area contributed by atoms with E-state index in [1.807, 2.05) is 33.0 Å². The number of aryl methyl sites for hydroxylation is 2. The summed E-state index contributed by atoms with van der Waals surface area (Å²) in [5.41, 5.74) is 9.87. The number of aromatic nitrogens is 2. The van der Waals surface area contributed by atoms with Gasteiger partial charge in [-0.05, 0) is 26.0 Å². The smallest absolute Gasteiger partial charge is 0.228 e. The molecule has 2 aromatic rings. The summed E-state index contributed by atoms with van der Waals surface area (Å²) < 4.78 is 1.79. The molecule has 0 fully saturated rings. The monoisotopic (exact) mass is 330 g/mol. The van der Waals surface area contributed by atoms with Gasteiger partial charge in [-0.25, -0.2) is 0 Å². The summed E-state index contributed by atoms with van der Waals surface area (Å²) in [7, 11) is 1.87. The minimum absolute atomic E-state index is 0. The normalized spacial score (nSPS) is 9.48. The van der Waals surface area contributed by atoms with Crippen LogP contribution in [0.3, 0.4) is 0 Å². The molecule has 0 unspecified atom stereocenters. The maximum atomic E-state index is 12.0. The van der Waals surface area contributed by atoms with Crippen molar-refractivity contribution in [3.8, 4) is 0 Å². The third-order valence-electron chi connectivity index (χ3n) is 3.23. The van der Waals surface area contributed by atoms with Crippen molar-refractivity contribution in [3.05, 3.63) is 41.2 Å². The van der Waals surface area contributed by atoms with Crippen LogP contribution in [0.25, 0.3) is 0 Å². The van der Waals surface area contributed by atoms with Crippen LogP contribution >= 0.6 is 24.8 Å². The Morgan fingerprint density at radius 2 is 1.90 bits per heavy atom. The van der Waals surface area contributed by atoms with Crippen LogP contribution in [0.5, 0.6) is 0 Å². The van der Waals surface area contributed by atoms with Crippen LogP contribution < -0.4 is 11.1 Å². The molecule has 0 aliphatic heterocycles. The number of nitrogens with one attached hydrogen (secondary N) is 1. The van der Waals surface area contributed by atoms with Crippen molar-refractivity contribution in [2.24, 2.45) is 7.05 Å². The van der Waals surface area contributed by atoms with E-state index in [1.54, 1.807) is 16.8 Å². The van der Waals surface area contributed by atoms with Gasteiger partial charge in [-0.15, -0.1) is 24.8 Å². The highest BCUT2D eigenvalue weighted by atomic mass is 35.5. The van der Waals surface area contributed by atoms with E-state index < -0.39 is 0 Å². The topological polar surface area (TPSA) is 72.9 Å². The minimum Gasteiger partial charge on any atom is -0.397 e. The number of carbonyl (C=O) groups is 1. The number of para-hydroxylation sites is 2. The van der Waals surface area contributed by atoms with Crippen molar-refractivity contribution < 1.29 is 4.79 Å². The summed E-state index contributed by atoms with van der Waals surface area (Å²) in [5, 5.41) is 7.12. The fourth-order valence-corrected chi connectivity index (χ4v) is 2.04. The third kappa shape index (κ3) is 4.37. The fraction of sp³-hybridized carbons (Fsp3) is 0.286. The molecule has 0 saturated heterocycles. The van der Waals surface area contributed by atoms with E-state index in [0.29, 0.717) is 17.8 Å². The molecule has 21 heavy (non-hydrogen) atoms. The van der Waals surface area contributed by atoms with Crippen LogP contribution in [0.4, 0.5) is 11.4 Å². The van der Waals surface area contributed by atoms with Crippen LogP contribution in [0, 0.1) is 13.8 Å². The molecule has 0 atom stereocenters. The second kappa shape index (κ2) is 7.90. The average molecular weight is 331 g/mol. The van der Waals surface area contributed by atoms with Crippen LogP contribution in [-0.2, 0) is 18.3 Å². The molecule has 0 spiro atoms. The SMILES string of the molecule is Cc1nn(C)c(C)c1CC(=O)Nc1ccccc1N.Cl.Cl. The number of halogens is 2. The predicted molar refractivity (Wildman–Crippen MR) is 90.4 cm³/mol. The van der Waals surface area contributed by atoms with Crippen LogP contribution in [0.15, 0.2) is 24.3 Å². The molecule has 116 valence electrons. The van der Waals surface area contributed by atoms with Crippen LogP contribution in [-0.4, -0.2) is 15.7 Å². The number of benzene rings is 1. The van der Waals surface area contributed by atoms with Gasteiger partial charge in [0.05, 0.1) is 23.5 Å². The number of anilines is 2. The summed E-state index contributed by atoms with van der Waals surface area (Å²) in [4.78, 5) is 12.0. The Kier molecular flexibility index (Phi) is 7.26. The van der Waals surface area contributed by atoms with Gasteiger partial charge in [0.25, 0.3) is 0 Å². The van der Waals surface area contributed by atoms with E-state index in [2.05, 4.69) is 10.4 Å². The average Bonchev–Trinajstić information content (AvgIpc) is 2.59. The lowest BCUT2D eigenvalue weighted by atomic mass is 10.1. The van der Waals surface area contributed by atoms with Crippen molar-refractivity contribution in [1.29, 1.82) is 0 Å². The highest BCUT2D eigenvalue weighted by Crippen LogP contribution is 2.18. The summed E-state index contributed by atoms with van der Waals surface area (Å²) >= 11 is 0. The molecular formula is C14H20Cl2N4O. The maximum Gasteiger partial charge on any atom is 0.228 e. The number of rotatable bonds is 3. The lowest BCUT2D eigenvalue weighted by Gasteiger charge is -2.08. The van der Waals surface area contributed by atoms with E-state index in [4.69, 9.17) is 5.73 Å². The molecule has 7 heteroatoms. The molecule has 0 aliphatic rings. The molecule has 1 aromatic carbocycles. The zero-order chi connectivity index (χ0) is 14.0. The standard InChI is InChI=1S/C14H18N4O.2ClH/c1-9-11(10(2)18(3)17-9)8-14(19)16-13-7-5-4-6-12(13)15;;/h4-7H,8,15H2,1-3H3,(H,16,19);2*1H. The van der Waals surface area contributed by atoms with Gasteiger partial charge in [0, 0.05) is 18.3 Å². The Balaban J connectivity index is 0.00000200. The van der Waals surface area contributed by atoms with E-state index in [9.17, 15) is 4.79 Å². The van der Waals surface area contributed by atoms with E-state index in [1.165, 1.54) is 0 Å². The first-order valence-corrected chi connectivity index (χ1v) is 6.12. The third-order valence-corrected chi connectivity index (χ3v) is 3.23. The maximum absolute atomic E-state index is 12.0. The largest absolute Gasteiger partial charge is 0.397 e. The molecule has 5 nitrogen and oxygen atoms in total. The predicted octanol–water partition coefficient (Wildman–Crippen LogP) is 2.64. The van der Waals surface area contributed by atoms with Gasteiger partial charge >= 0.3 is 0 Å². The molecule has 1 aromatic heterocycles. The number of amides is 1. The van der Waals surface area contributed by atoms with E-state index in [0.717, 1.165) is 17.0 Å². The Labute approximate surface area is 136 Å². The van der Waals surface area contributed by atoms with Crippen LogP contribution in [0.1, 0.15) is 17.0 Å². The first kappa shape index (κ1) is 19.3. The zero-order valence-electron chi connectivity index (χ0n) is 12.2. The van der Waals surface area contributed by atoms with Crippen molar-refractivity contribution in [2.75, 3.05) is 11.1 Å². The molecule has 0 radical (unpaired) electrons. The highest BCUT2D eigenvalue weighted by molar-refractivity contribution is 5.95. The molecule has 0 aliphatic carbocycles. The van der Waals surface area contributed by atoms with Gasteiger partial charge in [-0.1, -0.05) is 12.1 Å². The van der Waals surface area contributed by atoms with Crippen LogP contribution in [0.2, 0.25) is 0 Å². The van der Waals surface area contributed by atoms with Gasteiger partial charge in [0.1, 0.15) is 0 Å². The lowest BCUT2D eigenvalue weighted by Crippen LogP contribution is -2.16. The Morgan fingerprint density at radius 1 is 1.29 bits per heavy atom. The van der Waals surface area contributed by atoms with Gasteiger partial charge in [-0.2, -0.15) is 5.10 Å². The number of hydrogen-bond donors (Lipinski definition) is 2. The first-order chi connectivity index (χ1) is 8.99. The zero-order valence-corrected chi connectivity index (χ0v) is 13.8. The van der Waals surface area contributed by atoms with Crippen molar-refractivity contribution in [3.63, 3.8) is 0 Å². The van der Waals surface area contributed by atoms with Gasteiger partial charge in [0.15, 0.2) is 0 Å². The van der Waals surface area contributed by atoms with Crippen molar-refractivity contribution >= 4 is 42.1 Å². The van der Waals surface area contributed by atoms with E-state index >= 15 is 0 Å². The summed E-state index contributed by atoms with van der Waals surface area (Å²) in [6.07, 6.45) is 0.305. The summed E-state index contributed by atoms with van der Waals surface area (Å²) in [6.45, 7) is 3.87. The second-order valence-corrected chi connectivity index (χ2v) is 4.59. The quantitative estimate of drug-likeness (QED) is 0.849. The summed E-state index contributed by atoms with van der Waals surface area (Å²) in [6, 6.07) is 7.22. The fourth-order valence-electron chi connectivity index (χ4n) is 2.04. The van der Waals surface area contributed by atoms with Crippen molar-refractivity contribution in [1.82, 2.24) is 9.78 Å². The number of nitrogens with zero attached hydrogens (tertiary/aromatic N) is 2. The van der Waals surface area contributed by atoms with Gasteiger partial charge < -0.3 is 11.1 Å². The highest BCUT2D eigenvalue weighted by Gasteiger charge is 2.14. The molecular weight excluding hydrogens is 311 g/mol. The molecule has 1 amide bonds. The second-order valence-electron chi connectivity index (χ2n) is 4.59. The Morgan fingerprint density at radius 3 is 2.43 bits per heavy atom.